The Hall–Kier alpha value is -1.89. The van der Waals surface area contributed by atoms with Crippen LogP contribution >= 0.6 is 11.6 Å². The van der Waals surface area contributed by atoms with E-state index < -0.39 is 28.3 Å². The maximum Gasteiger partial charge on any atom is 0.308 e. The Labute approximate surface area is 118 Å². The van der Waals surface area contributed by atoms with Crippen LogP contribution in [0.1, 0.15) is 6.92 Å². The molecule has 1 heterocycles. The lowest BCUT2D eigenvalue weighted by molar-refractivity contribution is -0.384. The lowest BCUT2D eigenvalue weighted by Crippen LogP contribution is -2.23. The zero-order valence-electron chi connectivity index (χ0n) is 10.5. The largest absolute Gasteiger partial charge is 0.481 e. The monoisotopic (exact) mass is 302 g/mol. The van der Waals surface area contributed by atoms with E-state index in [4.69, 9.17) is 16.7 Å². The third kappa shape index (κ3) is 2.53. The van der Waals surface area contributed by atoms with E-state index in [1.165, 1.54) is 6.07 Å². The average molecular weight is 303 g/mol. The minimum Gasteiger partial charge on any atom is -0.481 e. The van der Waals surface area contributed by atoms with Crippen LogP contribution in [0.4, 0.5) is 15.8 Å². The number of rotatable bonds is 3. The molecule has 0 aromatic heterocycles. The quantitative estimate of drug-likeness (QED) is 0.685. The number of nitro benzene ring substituents is 1. The van der Waals surface area contributed by atoms with Gasteiger partial charge in [0.1, 0.15) is 11.5 Å². The molecular formula is C12H12ClFN2O4. The fraction of sp³-hybridized carbons (Fsp3) is 0.417. The predicted molar refractivity (Wildman–Crippen MR) is 70.6 cm³/mol. The molecule has 20 heavy (non-hydrogen) atoms. The highest BCUT2D eigenvalue weighted by Crippen LogP contribution is 2.37. The zero-order chi connectivity index (χ0) is 15.0. The molecule has 1 aromatic rings. The molecule has 1 fully saturated rings. The Morgan fingerprint density at radius 3 is 2.70 bits per heavy atom. The second-order valence-electron chi connectivity index (χ2n) is 4.84. The fourth-order valence-corrected chi connectivity index (χ4v) is 2.57. The van der Waals surface area contributed by atoms with Crippen LogP contribution < -0.4 is 4.90 Å². The molecule has 2 atom stereocenters. The first-order chi connectivity index (χ1) is 9.31. The zero-order valence-corrected chi connectivity index (χ0v) is 11.3. The van der Waals surface area contributed by atoms with Crippen molar-refractivity contribution in [2.45, 2.75) is 6.92 Å². The lowest BCUT2D eigenvalue weighted by Gasteiger charge is -2.18. The Morgan fingerprint density at radius 2 is 2.20 bits per heavy atom. The topological polar surface area (TPSA) is 83.7 Å². The number of halogens is 2. The van der Waals surface area contributed by atoms with Crippen LogP contribution in [0.3, 0.4) is 0 Å². The molecule has 0 aliphatic carbocycles. The smallest absolute Gasteiger partial charge is 0.308 e. The molecule has 0 bridgehead atoms. The van der Waals surface area contributed by atoms with Crippen LogP contribution in [-0.2, 0) is 4.79 Å². The minimum absolute atomic E-state index is 0.138. The molecule has 0 saturated carbocycles. The van der Waals surface area contributed by atoms with E-state index in [-0.39, 0.29) is 23.2 Å². The first kappa shape index (κ1) is 14.5. The van der Waals surface area contributed by atoms with Gasteiger partial charge >= 0.3 is 5.97 Å². The van der Waals surface area contributed by atoms with Gasteiger partial charge in [0.2, 0.25) is 0 Å². The summed E-state index contributed by atoms with van der Waals surface area (Å²) >= 11 is 5.66. The molecule has 8 heteroatoms. The molecule has 2 rings (SSSR count). The van der Waals surface area contributed by atoms with Crippen molar-refractivity contribution in [1.82, 2.24) is 0 Å². The molecule has 6 nitrogen and oxygen atoms in total. The van der Waals surface area contributed by atoms with E-state index in [1.807, 2.05) is 0 Å². The van der Waals surface area contributed by atoms with Crippen molar-refractivity contribution in [3.63, 3.8) is 0 Å². The number of hydrogen-bond acceptors (Lipinski definition) is 4. The van der Waals surface area contributed by atoms with Crippen molar-refractivity contribution in [3.8, 4) is 0 Å². The summed E-state index contributed by atoms with van der Waals surface area (Å²) in [4.78, 5) is 22.9. The van der Waals surface area contributed by atoms with Gasteiger partial charge in [0.15, 0.2) is 0 Å². The highest BCUT2D eigenvalue weighted by atomic mass is 35.5. The Kier molecular flexibility index (Phi) is 3.80. The molecule has 0 unspecified atom stereocenters. The Balaban J connectivity index is 2.41. The summed E-state index contributed by atoms with van der Waals surface area (Å²) in [6.45, 7) is 2.24. The first-order valence-corrected chi connectivity index (χ1v) is 6.30. The third-order valence-electron chi connectivity index (χ3n) is 3.48. The maximum absolute atomic E-state index is 13.3. The molecule has 1 aliphatic heterocycles. The summed E-state index contributed by atoms with van der Waals surface area (Å²) in [6, 6.07) is 1.93. The lowest BCUT2D eigenvalue weighted by atomic mass is 9.99. The summed E-state index contributed by atoms with van der Waals surface area (Å²) in [5.41, 5.74) is -0.262. The van der Waals surface area contributed by atoms with Gasteiger partial charge in [-0.3, -0.25) is 14.9 Å². The standard InChI is InChI=1S/C12H12ClFN2O4/c1-6-4-15(5-7(6)12(17)18)10-2-8(13)9(14)3-11(10)16(19)20/h2-3,6-7H,4-5H2,1H3,(H,17,18)/t6-,7-/m1/s1. The number of carbonyl (C=O) groups is 1. The van der Waals surface area contributed by atoms with E-state index >= 15 is 0 Å². The average Bonchev–Trinajstić information content (AvgIpc) is 2.74. The molecule has 1 N–H and O–H groups in total. The van der Waals surface area contributed by atoms with Gasteiger partial charge in [-0.25, -0.2) is 4.39 Å². The van der Waals surface area contributed by atoms with Crippen molar-refractivity contribution in [2.75, 3.05) is 18.0 Å². The number of aliphatic carboxylic acids is 1. The second-order valence-corrected chi connectivity index (χ2v) is 5.25. The van der Waals surface area contributed by atoms with E-state index in [0.717, 1.165) is 6.07 Å². The highest BCUT2D eigenvalue weighted by molar-refractivity contribution is 6.31. The molecule has 0 spiro atoms. The molecule has 108 valence electrons. The number of hydrogen-bond donors (Lipinski definition) is 1. The van der Waals surface area contributed by atoms with Crippen LogP contribution in [0.5, 0.6) is 0 Å². The fourth-order valence-electron chi connectivity index (χ4n) is 2.41. The van der Waals surface area contributed by atoms with Crippen LogP contribution in [-0.4, -0.2) is 29.1 Å². The first-order valence-electron chi connectivity index (χ1n) is 5.92. The van der Waals surface area contributed by atoms with E-state index in [1.54, 1.807) is 11.8 Å². The van der Waals surface area contributed by atoms with Gasteiger partial charge in [0, 0.05) is 13.1 Å². The van der Waals surface area contributed by atoms with Crippen molar-refractivity contribution < 1.29 is 19.2 Å². The van der Waals surface area contributed by atoms with Crippen LogP contribution in [0.25, 0.3) is 0 Å². The minimum atomic E-state index is -0.948. The summed E-state index contributed by atoms with van der Waals surface area (Å²) < 4.78 is 13.3. The summed E-state index contributed by atoms with van der Waals surface area (Å²) in [5, 5.41) is 19.8. The van der Waals surface area contributed by atoms with E-state index in [9.17, 15) is 19.3 Å². The molecule has 1 saturated heterocycles. The van der Waals surface area contributed by atoms with Gasteiger partial charge in [0.05, 0.1) is 21.9 Å². The summed E-state index contributed by atoms with van der Waals surface area (Å²) in [5.74, 6) is -2.59. The highest BCUT2D eigenvalue weighted by Gasteiger charge is 2.37. The number of carboxylic acids is 1. The van der Waals surface area contributed by atoms with Crippen molar-refractivity contribution >= 4 is 28.9 Å². The number of benzene rings is 1. The van der Waals surface area contributed by atoms with Gasteiger partial charge in [-0.15, -0.1) is 0 Å². The number of nitrogens with zero attached hydrogens (tertiary/aromatic N) is 2. The Morgan fingerprint density at radius 1 is 1.55 bits per heavy atom. The van der Waals surface area contributed by atoms with Crippen molar-refractivity contribution in [3.05, 3.63) is 33.1 Å². The van der Waals surface area contributed by atoms with E-state index in [2.05, 4.69) is 0 Å². The van der Waals surface area contributed by atoms with Crippen LogP contribution in [0.15, 0.2) is 12.1 Å². The van der Waals surface area contributed by atoms with Gasteiger partial charge in [-0.05, 0) is 12.0 Å². The number of carboxylic acid groups (broad SMARTS) is 1. The van der Waals surface area contributed by atoms with Gasteiger partial charge < -0.3 is 10.0 Å². The van der Waals surface area contributed by atoms with Crippen LogP contribution in [0, 0.1) is 27.8 Å². The van der Waals surface area contributed by atoms with Gasteiger partial charge in [-0.2, -0.15) is 0 Å². The summed E-state index contributed by atoms with van der Waals surface area (Å²) in [6.07, 6.45) is 0. The van der Waals surface area contributed by atoms with Crippen LogP contribution in [0.2, 0.25) is 5.02 Å². The normalized spacial score (nSPS) is 22.1. The molecule has 1 aliphatic rings. The molecule has 0 amide bonds. The van der Waals surface area contributed by atoms with E-state index in [0.29, 0.717) is 6.54 Å². The number of nitro groups is 1. The summed E-state index contributed by atoms with van der Waals surface area (Å²) in [7, 11) is 0. The molecule has 1 aromatic carbocycles. The SMILES string of the molecule is C[C@@H]1CN(c2cc(Cl)c(F)cc2[N+](=O)[O-])C[C@H]1C(=O)O. The van der Waals surface area contributed by atoms with Crippen molar-refractivity contribution in [1.29, 1.82) is 0 Å². The molecular weight excluding hydrogens is 291 g/mol. The molecule has 0 radical (unpaired) electrons. The van der Waals surface area contributed by atoms with Gasteiger partial charge in [-0.1, -0.05) is 18.5 Å². The maximum atomic E-state index is 13.3. The number of anilines is 1. The second kappa shape index (κ2) is 5.24. The predicted octanol–water partition coefficient (Wildman–Crippen LogP) is 2.54. The van der Waals surface area contributed by atoms with Gasteiger partial charge in [0.25, 0.3) is 5.69 Å². The Bertz CT molecular complexity index is 581. The third-order valence-corrected chi connectivity index (χ3v) is 3.77. The van der Waals surface area contributed by atoms with Crippen molar-refractivity contribution in [2.24, 2.45) is 11.8 Å².